The molecule has 0 aliphatic heterocycles. The summed E-state index contributed by atoms with van der Waals surface area (Å²) < 4.78 is 0. The molecule has 0 heterocycles. The summed E-state index contributed by atoms with van der Waals surface area (Å²) in [6.07, 6.45) is 0.384. The molecule has 1 rings (SSSR count). The highest BCUT2D eigenvalue weighted by Gasteiger charge is 2.20. The van der Waals surface area contributed by atoms with E-state index in [1.165, 1.54) is 0 Å². The summed E-state index contributed by atoms with van der Waals surface area (Å²) in [6, 6.07) is 12.0. The molecule has 0 saturated carbocycles. The highest BCUT2D eigenvalue weighted by Crippen LogP contribution is 2.23. The van der Waals surface area contributed by atoms with Crippen LogP contribution in [0.5, 0.6) is 0 Å². The monoisotopic (exact) mass is 245 g/mol. The van der Waals surface area contributed by atoms with Gasteiger partial charge in [0.15, 0.2) is 0 Å². The SMILES string of the molecule is CCN(CC(=O)NC)C(CC#N)c1ccccc1. The van der Waals surface area contributed by atoms with Crippen LogP contribution < -0.4 is 5.32 Å². The van der Waals surface area contributed by atoms with Crippen LogP contribution >= 0.6 is 0 Å². The van der Waals surface area contributed by atoms with Crippen LogP contribution in [-0.4, -0.2) is 30.9 Å². The molecule has 1 atom stereocenters. The van der Waals surface area contributed by atoms with Crippen molar-refractivity contribution in [1.29, 1.82) is 5.26 Å². The lowest BCUT2D eigenvalue weighted by Crippen LogP contribution is -2.38. The number of carbonyl (C=O) groups excluding carboxylic acids is 1. The van der Waals surface area contributed by atoms with Crippen molar-refractivity contribution < 1.29 is 4.79 Å². The largest absolute Gasteiger partial charge is 0.358 e. The average Bonchev–Trinajstić information content (AvgIpc) is 2.43. The van der Waals surface area contributed by atoms with E-state index in [1.54, 1.807) is 7.05 Å². The Morgan fingerprint density at radius 3 is 2.61 bits per heavy atom. The molecule has 1 unspecified atom stereocenters. The molecule has 0 bridgehead atoms. The standard InChI is InChI=1S/C14H19N3O/c1-3-17(11-14(18)16-2)13(9-10-15)12-7-5-4-6-8-12/h4-8,13H,3,9,11H2,1-2H3,(H,16,18). The Morgan fingerprint density at radius 2 is 2.11 bits per heavy atom. The third-order valence-electron chi connectivity index (χ3n) is 2.94. The summed E-state index contributed by atoms with van der Waals surface area (Å²) >= 11 is 0. The van der Waals surface area contributed by atoms with Gasteiger partial charge in [0.1, 0.15) is 0 Å². The molecule has 0 aliphatic rings. The average molecular weight is 245 g/mol. The summed E-state index contributed by atoms with van der Waals surface area (Å²) in [4.78, 5) is 13.5. The molecule has 0 saturated heterocycles. The number of likely N-dealkylation sites (N-methyl/N-ethyl adjacent to an activating group) is 2. The van der Waals surface area contributed by atoms with Crippen LogP contribution in [0.3, 0.4) is 0 Å². The maximum atomic E-state index is 11.5. The number of nitrogens with one attached hydrogen (secondary N) is 1. The third-order valence-corrected chi connectivity index (χ3v) is 2.94. The molecular formula is C14H19N3O. The summed E-state index contributed by atoms with van der Waals surface area (Å²) in [5.74, 6) is -0.0317. The molecule has 4 heteroatoms. The normalized spacial score (nSPS) is 11.9. The number of hydrogen-bond donors (Lipinski definition) is 1. The molecular weight excluding hydrogens is 226 g/mol. The van der Waals surface area contributed by atoms with E-state index in [0.29, 0.717) is 13.0 Å². The molecule has 1 aromatic carbocycles. The van der Waals surface area contributed by atoms with Gasteiger partial charge in [-0.05, 0) is 12.1 Å². The van der Waals surface area contributed by atoms with Gasteiger partial charge in [0.25, 0.3) is 0 Å². The van der Waals surface area contributed by atoms with E-state index in [1.807, 2.05) is 42.2 Å². The van der Waals surface area contributed by atoms with E-state index < -0.39 is 0 Å². The Bertz CT molecular complexity index is 411. The van der Waals surface area contributed by atoms with Gasteiger partial charge >= 0.3 is 0 Å². The van der Waals surface area contributed by atoms with Crippen molar-refractivity contribution in [2.24, 2.45) is 0 Å². The number of hydrogen-bond acceptors (Lipinski definition) is 3. The molecule has 4 nitrogen and oxygen atoms in total. The molecule has 0 fully saturated rings. The lowest BCUT2D eigenvalue weighted by Gasteiger charge is -2.28. The van der Waals surface area contributed by atoms with Crippen molar-refractivity contribution in [3.05, 3.63) is 35.9 Å². The molecule has 1 aromatic rings. The Hall–Kier alpha value is -1.86. The van der Waals surface area contributed by atoms with Gasteiger partial charge in [-0.15, -0.1) is 0 Å². The molecule has 0 radical (unpaired) electrons. The van der Waals surface area contributed by atoms with Gasteiger partial charge in [-0.2, -0.15) is 5.26 Å². The summed E-state index contributed by atoms with van der Waals surface area (Å²) in [6.45, 7) is 3.04. The first-order valence-electron chi connectivity index (χ1n) is 6.09. The van der Waals surface area contributed by atoms with Crippen LogP contribution in [0.2, 0.25) is 0 Å². The lowest BCUT2D eigenvalue weighted by atomic mass is 10.0. The number of carbonyl (C=O) groups is 1. The Morgan fingerprint density at radius 1 is 1.44 bits per heavy atom. The first-order valence-corrected chi connectivity index (χ1v) is 6.09. The Kier molecular flexibility index (Phi) is 5.89. The number of rotatable bonds is 6. The highest BCUT2D eigenvalue weighted by molar-refractivity contribution is 5.77. The van der Waals surface area contributed by atoms with Crippen LogP contribution in [0.25, 0.3) is 0 Å². The lowest BCUT2D eigenvalue weighted by molar-refractivity contribution is -0.122. The second kappa shape index (κ2) is 7.46. The Balaban J connectivity index is 2.89. The zero-order chi connectivity index (χ0) is 13.4. The number of benzene rings is 1. The van der Waals surface area contributed by atoms with Crippen molar-refractivity contribution in [3.63, 3.8) is 0 Å². The first-order chi connectivity index (χ1) is 8.72. The minimum absolute atomic E-state index is 0.0292. The van der Waals surface area contributed by atoms with E-state index in [4.69, 9.17) is 5.26 Å². The number of amides is 1. The van der Waals surface area contributed by atoms with Gasteiger partial charge in [-0.25, -0.2) is 0 Å². The smallest absolute Gasteiger partial charge is 0.233 e. The zero-order valence-electron chi connectivity index (χ0n) is 10.9. The quantitative estimate of drug-likeness (QED) is 0.830. The van der Waals surface area contributed by atoms with Gasteiger partial charge in [0, 0.05) is 13.1 Å². The van der Waals surface area contributed by atoms with Crippen molar-refractivity contribution >= 4 is 5.91 Å². The minimum Gasteiger partial charge on any atom is -0.358 e. The molecule has 18 heavy (non-hydrogen) atoms. The van der Waals surface area contributed by atoms with E-state index in [2.05, 4.69) is 11.4 Å². The molecule has 1 amide bonds. The fourth-order valence-corrected chi connectivity index (χ4v) is 1.93. The van der Waals surface area contributed by atoms with Gasteiger partial charge < -0.3 is 5.32 Å². The van der Waals surface area contributed by atoms with Crippen molar-refractivity contribution in [2.75, 3.05) is 20.1 Å². The first kappa shape index (κ1) is 14.2. The number of nitrogens with zero attached hydrogens (tertiary/aromatic N) is 2. The second-order valence-electron chi connectivity index (χ2n) is 4.02. The third kappa shape index (κ3) is 3.86. The van der Waals surface area contributed by atoms with Crippen molar-refractivity contribution in [3.8, 4) is 6.07 Å². The van der Waals surface area contributed by atoms with Crippen LogP contribution in [0.1, 0.15) is 24.9 Å². The number of nitriles is 1. The second-order valence-corrected chi connectivity index (χ2v) is 4.02. The van der Waals surface area contributed by atoms with Crippen LogP contribution in [-0.2, 0) is 4.79 Å². The van der Waals surface area contributed by atoms with E-state index in [9.17, 15) is 4.79 Å². The molecule has 96 valence electrons. The fourth-order valence-electron chi connectivity index (χ4n) is 1.93. The highest BCUT2D eigenvalue weighted by atomic mass is 16.1. The van der Waals surface area contributed by atoms with Gasteiger partial charge in [-0.3, -0.25) is 9.69 Å². The Labute approximate surface area is 108 Å². The maximum absolute atomic E-state index is 11.5. The van der Waals surface area contributed by atoms with Gasteiger partial charge in [0.05, 0.1) is 19.0 Å². The van der Waals surface area contributed by atoms with E-state index in [-0.39, 0.29) is 11.9 Å². The summed E-state index contributed by atoms with van der Waals surface area (Å²) in [5, 5.41) is 11.6. The van der Waals surface area contributed by atoms with Crippen LogP contribution in [0.15, 0.2) is 30.3 Å². The summed E-state index contributed by atoms with van der Waals surface area (Å²) in [5.41, 5.74) is 1.07. The minimum atomic E-state index is -0.0317. The zero-order valence-corrected chi connectivity index (χ0v) is 10.9. The topological polar surface area (TPSA) is 56.1 Å². The summed E-state index contributed by atoms with van der Waals surface area (Å²) in [7, 11) is 1.62. The predicted molar refractivity (Wildman–Crippen MR) is 70.7 cm³/mol. The van der Waals surface area contributed by atoms with Crippen molar-refractivity contribution in [2.45, 2.75) is 19.4 Å². The van der Waals surface area contributed by atoms with Gasteiger partial charge in [-0.1, -0.05) is 37.3 Å². The van der Waals surface area contributed by atoms with Gasteiger partial charge in [0.2, 0.25) is 5.91 Å². The molecule has 0 aromatic heterocycles. The maximum Gasteiger partial charge on any atom is 0.233 e. The molecule has 0 spiro atoms. The van der Waals surface area contributed by atoms with Crippen LogP contribution in [0, 0.1) is 11.3 Å². The molecule has 1 N–H and O–H groups in total. The fraction of sp³-hybridized carbons (Fsp3) is 0.429. The van der Waals surface area contributed by atoms with Crippen molar-refractivity contribution in [1.82, 2.24) is 10.2 Å². The predicted octanol–water partition coefficient (Wildman–Crippen LogP) is 1.71. The van der Waals surface area contributed by atoms with E-state index in [0.717, 1.165) is 12.1 Å². The van der Waals surface area contributed by atoms with Crippen LogP contribution in [0.4, 0.5) is 0 Å². The van der Waals surface area contributed by atoms with E-state index >= 15 is 0 Å². The molecule has 0 aliphatic carbocycles.